The molecule has 1 heterocycles. The predicted molar refractivity (Wildman–Crippen MR) is 69.9 cm³/mol. The van der Waals surface area contributed by atoms with Crippen molar-refractivity contribution in [3.8, 4) is 6.07 Å². The summed E-state index contributed by atoms with van der Waals surface area (Å²) in [7, 11) is 1.58. The average molecular weight is 277 g/mol. The summed E-state index contributed by atoms with van der Waals surface area (Å²) >= 11 is 0. The number of benzene rings is 1. The van der Waals surface area contributed by atoms with E-state index in [-0.39, 0.29) is 18.2 Å². The summed E-state index contributed by atoms with van der Waals surface area (Å²) in [6, 6.07) is 5.75. The third-order valence-corrected chi connectivity index (χ3v) is 3.58. The smallest absolute Gasteiger partial charge is 0.234 e. The van der Waals surface area contributed by atoms with Crippen molar-refractivity contribution in [3.63, 3.8) is 0 Å². The number of nitriles is 1. The predicted octanol–water partition coefficient (Wildman–Crippen LogP) is 0.772. The number of carbonyl (C=O) groups excluding carboxylic acids is 1. The van der Waals surface area contributed by atoms with Crippen LogP contribution in [0.15, 0.2) is 18.2 Å². The number of methoxy groups -OCH3 is 1. The highest BCUT2D eigenvalue weighted by Crippen LogP contribution is 2.23. The maximum atomic E-state index is 13.9. The van der Waals surface area contributed by atoms with Crippen molar-refractivity contribution in [1.82, 2.24) is 4.90 Å². The molecule has 0 unspecified atom stereocenters. The summed E-state index contributed by atoms with van der Waals surface area (Å²) < 4.78 is 19.1. The van der Waals surface area contributed by atoms with E-state index in [0.717, 1.165) is 0 Å². The molecule has 6 heteroatoms. The van der Waals surface area contributed by atoms with Crippen LogP contribution in [0.5, 0.6) is 0 Å². The summed E-state index contributed by atoms with van der Waals surface area (Å²) in [4.78, 5) is 13.2. The second-order valence-electron chi connectivity index (χ2n) is 4.86. The van der Waals surface area contributed by atoms with Crippen LogP contribution in [0.2, 0.25) is 0 Å². The molecule has 2 atom stereocenters. The highest BCUT2D eigenvalue weighted by Gasteiger charge is 2.35. The van der Waals surface area contributed by atoms with E-state index in [0.29, 0.717) is 18.5 Å². The van der Waals surface area contributed by atoms with Gasteiger partial charge in [-0.3, -0.25) is 9.69 Å². The van der Waals surface area contributed by atoms with Gasteiger partial charge in [-0.15, -0.1) is 0 Å². The fraction of sp³-hybridized carbons (Fsp3) is 0.429. The number of nitrogens with zero attached hydrogens (tertiary/aromatic N) is 2. The van der Waals surface area contributed by atoms with E-state index < -0.39 is 17.8 Å². The van der Waals surface area contributed by atoms with Gasteiger partial charge in [0.05, 0.1) is 23.8 Å². The number of nitrogens with two attached hydrogens (primary N) is 1. The van der Waals surface area contributed by atoms with Crippen molar-refractivity contribution in [2.24, 2.45) is 5.73 Å². The largest absolute Gasteiger partial charge is 0.380 e. The molecule has 1 amide bonds. The standard InChI is InChI=1S/C14H16FN3O2/c1-20-11-5-13(14(17)19)18(8-11)7-10-3-2-9(6-16)4-12(10)15/h2-4,11,13H,5,7-8H2,1H3,(H2,17,19)/t11-,13-/m0/s1. The molecule has 20 heavy (non-hydrogen) atoms. The number of hydrogen-bond acceptors (Lipinski definition) is 4. The van der Waals surface area contributed by atoms with Gasteiger partial charge in [-0.2, -0.15) is 5.26 Å². The summed E-state index contributed by atoms with van der Waals surface area (Å²) in [5.74, 6) is -0.883. The summed E-state index contributed by atoms with van der Waals surface area (Å²) in [5.41, 5.74) is 6.08. The molecule has 1 aliphatic heterocycles. The van der Waals surface area contributed by atoms with Gasteiger partial charge in [0.2, 0.25) is 5.91 Å². The van der Waals surface area contributed by atoms with Crippen LogP contribution in [-0.2, 0) is 16.1 Å². The van der Waals surface area contributed by atoms with Crippen LogP contribution in [0.4, 0.5) is 4.39 Å². The van der Waals surface area contributed by atoms with Gasteiger partial charge < -0.3 is 10.5 Å². The third kappa shape index (κ3) is 2.95. The lowest BCUT2D eigenvalue weighted by molar-refractivity contribution is -0.122. The Bertz CT molecular complexity index is 556. The minimum absolute atomic E-state index is 0.0751. The minimum Gasteiger partial charge on any atom is -0.380 e. The molecule has 2 rings (SSSR count). The molecule has 1 aromatic rings. The normalized spacial score (nSPS) is 22.6. The second kappa shape index (κ2) is 5.99. The third-order valence-electron chi connectivity index (χ3n) is 3.58. The zero-order valence-corrected chi connectivity index (χ0v) is 11.2. The summed E-state index contributed by atoms with van der Waals surface area (Å²) in [6.07, 6.45) is 0.443. The molecular formula is C14H16FN3O2. The van der Waals surface area contributed by atoms with Crippen molar-refractivity contribution in [3.05, 3.63) is 35.1 Å². The van der Waals surface area contributed by atoms with Crippen molar-refractivity contribution >= 4 is 5.91 Å². The van der Waals surface area contributed by atoms with E-state index in [1.54, 1.807) is 24.1 Å². The van der Waals surface area contributed by atoms with E-state index >= 15 is 0 Å². The molecule has 1 fully saturated rings. The van der Waals surface area contributed by atoms with Crippen molar-refractivity contribution < 1.29 is 13.9 Å². The van der Waals surface area contributed by atoms with E-state index in [2.05, 4.69) is 0 Å². The number of amides is 1. The van der Waals surface area contributed by atoms with Gasteiger partial charge in [0, 0.05) is 25.8 Å². The molecule has 1 aliphatic rings. The fourth-order valence-electron chi connectivity index (χ4n) is 2.47. The van der Waals surface area contributed by atoms with E-state index in [9.17, 15) is 9.18 Å². The van der Waals surface area contributed by atoms with Crippen LogP contribution < -0.4 is 5.73 Å². The van der Waals surface area contributed by atoms with Crippen LogP contribution in [0.1, 0.15) is 17.5 Å². The molecular weight excluding hydrogens is 261 g/mol. The Kier molecular flexibility index (Phi) is 4.32. The maximum absolute atomic E-state index is 13.9. The Morgan fingerprint density at radius 1 is 1.65 bits per heavy atom. The van der Waals surface area contributed by atoms with Crippen LogP contribution in [0.3, 0.4) is 0 Å². The zero-order chi connectivity index (χ0) is 14.7. The number of primary amides is 1. The Hall–Kier alpha value is -1.97. The molecule has 0 aliphatic carbocycles. The number of ether oxygens (including phenoxy) is 1. The summed E-state index contributed by atoms with van der Waals surface area (Å²) in [6.45, 7) is 0.800. The quantitative estimate of drug-likeness (QED) is 0.881. The van der Waals surface area contributed by atoms with Gasteiger partial charge in [0.15, 0.2) is 0 Å². The molecule has 0 aromatic heterocycles. The average Bonchev–Trinajstić information content (AvgIpc) is 2.84. The maximum Gasteiger partial charge on any atom is 0.234 e. The van der Waals surface area contributed by atoms with Crippen molar-refractivity contribution in [2.75, 3.05) is 13.7 Å². The molecule has 5 nitrogen and oxygen atoms in total. The van der Waals surface area contributed by atoms with E-state index in [4.69, 9.17) is 15.7 Å². The molecule has 1 saturated heterocycles. The monoisotopic (exact) mass is 277 g/mol. The lowest BCUT2D eigenvalue weighted by atomic mass is 10.1. The molecule has 0 radical (unpaired) electrons. The lowest BCUT2D eigenvalue weighted by Crippen LogP contribution is -2.39. The van der Waals surface area contributed by atoms with Crippen LogP contribution >= 0.6 is 0 Å². The van der Waals surface area contributed by atoms with Gasteiger partial charge in [-0.1, -0.05) is 6.07 Å². The first-order valence-electron chi connectivity index (χ1n) is 6.30. The van der Waals surface area contributed by atoms with Gasteiger partial charge in [-0.05, 0) is 18.6 Å². The number of hydrogen-bond donors (Lipinski definition) is 1. The number of likely N-dealkylation sites (tertiary alicyclic amines) is 1. The Labute approximate surface area is 116 Å². The molecule has 1 aromatic carbocycles. The number of rotatable bonds is 4. The van der Waals surface area contributed by atoms with Gasteiger partial charge in [0.1, 0.15) is 5.82 Å². The van der Waals surface area contributed by atoms with Crippen LogP contribution in [-0.4, -0.2) is 36.6 Å². The molecule has 0 saturated carbocycles. The minimum atomic E-state index is -0.451. The van der Waals surface area contributed by atoms with Gasteiger partial charge in [-0.25, -0.2) is 4.39 Å². The first kappa shape index (κ1) is 14.4. The molecule has 0 bridgehead atoms. The summed E-state index contributed by atoms with van der Waals surface area (Å²) in [5, 5.41) is 8.71. The topological polar surface area (TPSA) is 79.3 Å². The molecule has 2 N–H and O–H groups in total. The Morgan fingerprint density at radius 2 is 2.40 bits per heavy atom. The number of halogens is 1. The first-order chi connectivity index (χ1) is 9.55. The number of carbonyl (C=O) groups is 1. The fourth-order valence-corrected chi connectivity index (χ4v) is 2.47. The Balaban J connectivity index is 2.16. The van der Waals surface area contributed by atoms with E-state index in [1.807, 2.05) is 6.07 Å². The van der Waals surface area contributed by atoms with Crippen molar-refractivity contribution in [2.45, 2.75) is 25.1 Å². The molecule has 106 valence electrons. The van der Waals surface area contributed by atoms with Crippen molar-refractivity contribution in [1.29, 1.82) is 5.26 Å². The van der Waals surface area contributed by atoms with Gasteiger partial charge >= 0.3 is 0 Å². The highest BCUT2D eigenvalue weighted by atomic mass is 19.1. The Morgan fingerprint density at radius 3 is 2.95 bits per heavy atom. The first-order valence-corrected chi connectivity index (χ1v) is 6.30. The van der Waals surface area contributed by atoms with Gasteiger partial charge in [0.25, 0.3) is 0 Å². The zero-order valence-electron chi connectivity index (χ0n) is 11.2. The SMILES string of the molecule is CO[C@H]1C[C@@H](C(N)=O)N(Cc2ccc(C#N)cc2F)C1. The van der Waals surface area contributed by atoms with Crippen LogP contribution in [0.25, 0.3) is 0 Å². The lowest BCUT2D eigenvalue weighted by Gasteiger charge is -2.21. The molecule has 0 spiro atoms. The highest BCUT2D eigenvalue weighted by molar-refractivity contribution is 5.80. The van der Waals surface area contributed by atoms with E-state index in [1.165, 1.54) is 6.07 Å². The second-order valence-corrected chi connectivity index (χ2v) is 4.86. The van der Waals surface area contributed by atoms with Crippen LogP contribution in [0, 0.1) is 17.1 Å².